The van der Waals surface area contributed by atoms with Crippen molar-refractivity contribution in [3.05, 3.63) is 24.8 Å². The molecule has 2 aromatic rings. The van der Waals surface area contributed by atoms with Crippen molar-refractivity contribution in [2.24, 2.45) is 0 Å². The van der Waals surface area contributed by atoms with Gasteiger partial charge in [0.25, 0.3) is 0 Å². The molecule has 2 heterocycles. The molecule has 0 unspecified atom stereocenters. The van der Waals surface area contributed by atoms with Crippen LogP contribution in [0.1, 0.15) is 53.4 Å². The molecule has 0 aromatic carbocycles. The second-order valence-corrected chi connectivity index (χ2v) is 6.02. The SMILES string of the molecule is CCCn1cc[n+](CCC)c1-c1n(CCC)cc[n+]1CCC. The normalized spacial score (nSPS) is 11.3. The summed E-state index contributed by atoms with van der Waals surface area (Å²) in [7, 11) is 0. The maximum atomic E-state index is 2.42. The zero-order valence-electron chi connectivity index (χ0n) is 14.8. The number of nitrogens with zero attached hydrogens (tertiary/aromatic N) is 4. The summed E-state index contributed by atoms with van der Waals surface area (Å²) in [6, 6.07) is 0. The summed E-state index contributed by atoms with van der Waals surface area (Å²) >= 11 is 0. The highest BCUT2D eigenvalue weighted by atomic mass is 15.2. The van der Waals surface area contributed by atoms with Gasteiger partial charge >= 0.3 is 11.6 Å². The number of hydrogen-bond acceptors (Lipinski definition) is 0. The van der Waals surface area contributed by atoms with Crippen LogP contribution in [-0.2, 0) is 26.2 Å². The first kappa shape index (κ1) is 16.8. The van der Waals surface area contributed by atoms with Crippen LogP contribution in [0.15, 0.2) is 24.8 Å². The van der Waals surface area contributed by atoms with Crippen LogP contribution >= 0.6 is 0 Å². The monoisotopic (exact) mass is 304 g/mol. The average molecular weight is 304 g/mol. The molecule has 0 saturated heterocycles. The lowest BCUT2D eigenvalue weighted by Crippen LogP contribution is -2.42. The van der Waals surface area contributed by atoms with Crippen molar-refractivity contribution in [2.45, 2.75) is 79.6 Å². The minimum Gasteiger partial charge on any atom is -0.223 e. The lowest BCUT2D eigenvalue weighted by atomic mass is 10.3. The van der Waals surface area contributed by atoms with Gasteiger partial charge in [-0.15, -0.1) is 0 Å². The summed E-state index contributed by atoms with van der Waals surface area (Å²) < 4.78 is 9.68. The summed E-state index contributed by atoms with van der Waals surface area (Å²) in [5.74, 6) is 2.71. The van der Waals surface area contributed by atoms with Crippen molar-refractivity contribution in [1.29, 1.82) is 0 Å². The van der Waals surface area contributed by atoms with Gasteiger partial charge in [-0.2, -0.15) is 0 Å². The van der Waals surface area contributed by atoms with Crippen LogP contribution < -0.4 is 9.13 Å². The predicted molar refractivity (Wildman–Crippen MR) is 89.4 cm³/mol. The summed E-state index contributed by atoms with van der Waals surface area (Å²) in [6.07, 6.45) is 13.6. The van der Waals surface area contributed by atoms with Gasteiger partial charge in [0.05, 0.1) is 26.2 Å². The summed E-state index contributed by atoms with van der Waals surface area (Å²) in [6.45, 7) is 13.3. The Kier molecular flexibility index (Phi) is 6.22. The van der Waals surface area contributed by atoms with Gasteiger partial charge in [0, 0.05) is 0 Å². The van der Waals surface area contributed by atoms with Crippen molar-refractivity contribution < 1.29 is 9.13 Å². The molecule has 0 radical (unpaired) electrons. The molecule has 0 N–H and O–H groups in total. The topological polar surface area (TPSA) is 17.6 Å². The summed E-state index contributed by atoms with van der Waals surface area (Å²) in [5, 5.41) is 0. The molecule has 4 nitrogen and oxygen atoms in total. The third kappa shape index (κ3) is 3.42. The minimum atomic E-state index is 1.08. The Labute approximate surface area is 135 Å². The Morgan fingerprint density at radius 3 is 1.41 bits per heavy atom. The van der Waals surface area contributed by atoms with E-state index in [0.29, 0.717) is 0 Å². The molecular formula is C18H32N4+2. The zero-order chi connectivity index (χ0) is 15.9. The van der Waals surface area contributed by atoms with Gasteiger partial charge in [0.2, 0.25) is 0 Å². The van der Waals surface area contributed by atoms with Crippen LogP contribution in [0.3, 0.4) is 0 Å². The van der Waals surface area contributed by atoms with E-state index < -0.39 is 0 Å². The molecule has 2 rings (SSSR count). The van der Waals surface area contributed by atoms with Gasteiger partial charge in [-0.3, -0.25) is 0 Å². The first-order chi connectivity index (χ1) is 10.8. The Balaban J connectivity index is 2.56. The first-order valence-electron chi connectivity index (χ1n) is 8.94. The van der Waals surface area contributed by atoms with Gasteiger partial charge < -0.3 is 0 Å². The highest BCUT2D eigenvalue weighted by Crippen LogP contribution is 2.15. The van der Waals surface area contributed by atoms with Gasteiger partial charge in [0.1, 0.15) is 24.8 Å². The maximum Gasteiger partial charge on any atom is 0.373 e. The molecule has 2 aromatic heterocycles. The molecule has 0 aliphatic heterocycles. The highest BCUT2D eigenvalue weighted by molar-refractivity contribution is 5.36. The fourth-order valence-electron chi connectivity index (χ4n) is 3.13. The van der Waals surface area contributed by atoms with E-state index in [-0.39, 0.29) is 0 Å². The van der Waals surface area contributed by atoms with E-state index in [1.165, 1.54) is 11.6 Å². The fraction of sp³-hybridized carbons (Fsp3) is 0.667. The molecule has 122 valence electrons. The van der Waals surface area contributed by atoms with E-state index >= 15 is 0 Å². The van der Waals surface area contributed by atoms with Crippen LogP contribution in [-0.4, -0.2) is 9.13 Å². The molecule has 0 amide bonds. The van der Waals surface area contributed by atoms with Gasteiger partial charge in [-0.1, -0.05) is 27.7 Å². The summed E-state index contributed by atoms with van der Waals surface area (Å²) in [5.41, 5.74) is 0. The Bertz CT molecular complexity index is 481. The molecule has 0 fully saturated rings. The van der Waals surface area contributed by atoms with Crippen molar-refractivity contribution in [3.63, 3.8) is 0 Å². The molecule has 0 aliphatic carbocycles. The Morgan fingerprint density at radius 2 is 1.09 bits per heavy atom. The summed E-state index contributed by atoms with van der Waals surface area (Å²) in [4.78, 5) is 0. The molecular weight excluding hydrogens is 272 g/mol. The van der Waals surface area contributed by atoms with Gasteiger partial charge in [0.15, 0.2) is 0 Å². The largest absolute Gasteiger partial charge is 0.373 e. The standard InChI is InChI=1S/C18H32N4/c1-5-9-19-13-14-20(10-6-2)17(19)18-21(11-7-3)15-16-22(18)12-8-4/h13-16H,5-12H2,1-4H3/q+2. The predicted octanol–water partition coefficient (Wildman–Crippen LogP) is 3.17. The number of hydrogen-bond donors (Lipinski definition) is 0. The molecule has 0 spiro atoms. The van der Waals surface area contributed by atoms with Gasteiger partial charge in [-0.25, -0.2) is 18.3 Å². The second kappa shape index (κ2) is 8.16. The lowest BCUT2D eigenvalue weighted by molar-refractivity contribution is -0.715. The van der Waals surface area contributed by atoms with Crippen molar-refractivity contribution >= 4 is 0 Å². The minimum absolute atomic E-state index is 1.08. The van der Waals surface area contributed by atoms with Crippen molar-refractivity contribution in [1.82, 2.24) is 9.13 Å². The second-order valence-electron chi connectivity index (χ2n) is 6.02. The molecule has 22 heavy (non-hydrogen) atoms. The van der Waals surface area contributed by atoms with Crippen LogP contribution in [0.4, 0.5) is 0 Å². The zero-order valence-corrected chi connectivity index (χ0v) is 14.8. The van der Waals surface area contributed by atoms with Gasteiger partial charge in [-0.05, 0) is 25.7 Å². The number of rotatable bonds is 9. The lowest BCUT2D eigenvalue weighted by Gasteiger charge is -2.05. The molecule has 0 atom stereocenters. The van der Waals surface area contributed by atoms with Crippen molar-refractivity contribution in [2.75, 3.05) is 0 Å². The van der Waals surface area contributed by atoms with E-state index in [0.717, 1.165) is 51.9 Å². The molecule has 4 heteroatoms. The highest BCUT2D eigenvalue weighted by Gasteiger charge is 2.31. The van der Waals surface area contributed by atoms with Crippen LogP contribution in [0, 0.1) is 0 Å². The number of aromatic nitrogens is 4. The third-order valence-electron chi connectivity index (χ3n) is 4.00. The van der Waals surface area contributed by atoms with Crippen LogP contribution in [0.5, 0.6) is 0 Å². The fourth-order valence-corrected chi connectivity index (χ4v) is 3.13. The number of aryl methyl sites for hydroxylation is 4. The third-order valence-corrected chi connectivity index (χ3v) is 4.00. The average Bonchev–Trinajstić information content (AvgIpc) is 3.06. The molecule has 0 aliphatic rings. The maximum absolute atomic E-state index is 2.42. The van der Waals surface area contributed by atoms with E-state index in [1.54, 1.807) is 0 Å². The van der Waals surface area contributed by atoms with E-state index in [1.807, 2.05) is 0 Å². The Morgan fingerprint density at radius 1 is 0.682 bits per heavy atom. The van der Waals surface area contributed by atoms with E-state index in [9.17, 15) is 0 Å². The first-order valence-corrected chi connectivity index (χ1v) is 8.94. The number of imidazole rings is 2. The van der Waals surface area contributed by atoms with Crippen molar-refractivity contribution in [3.8, 4) is 11.6 Å². The Hall–Kier alpha value is -1.58. The molecule has 0 saturated carbocycles. The quantitative estimate of drug-likeness (QED) is 0.633. The van der Waals surface area contributed by atoms with E-state index in [4.69, 9.17) is 0 Å². The van der Waals surface area contributed by atoms with Crippen LogP contribution in [0.2, 0.25) is 0 Å². The smallest absolute Gasteiger partial charge is 0.223 e. The van der Waals surface area contributed by atoms with Crippen LogP contribution in [0.25, 0.3) is 11.6 Å². The molecule has 0 bridgehead atoms. The van der Waals surface area contributed by atoms with E-state index in [2.05, 4.69) is 70.8 Å².